The summed E-state index contributed by atoms with van der Waals surface area (Å²) in [5, 5.41) is 3.09. The second-order valence-corrected chi connectivity index (χ2v) is 5.41. The Morgan fingerprint density at radius 1 is 1.10 bits per heavy atom. The number of halogens is 1. The minimum Gasteiger partial charge on any atom is -0.294 e. The first kappa shape index (κ1) is 11.7. The minimum atomic E-state index is 0.742. The van der Waals surface area contributed by atoms with E-state index in [9.17, 15) is 0 Å². The Labute approximate surface area is 121 Å². The molecule has 2 aromatic heterocycles. The van der Waals surface area contributed by atoms with Crippen LogP contribution in [0.15, 0.2) is 48.7 Å². The molecule has 98 valence electrons. The Morgan fingerprint density at radius 2 is 1.95 bits per heavy atom. The van der Waals surface area contributed by atoms with E-state index in [1.54, 1.807) is 0 Å². The van der Waals surface area contributed by atoms with Gasteiger partial charge in [0.25, 0.3) is 0 Å². The number of hydrogen-bond acceptors (Lipinski definition) is 1. The van der Waals surface area contributed by atoms with Crippen LogP contribution in [-0.2, 0) is 6.42 Å². The van der Waals surface area contributed by atoms with Crippen molar-refractivity contribution in [3.63, 3.8) is 0 Å². The summed E-state index contributed by atoms with van der Waals surface area (Å²) < 4.78 is 2.24. The number of nitrogens with zero attached hydrogens (tertiary/aromatic N) is 2. The molecule has 0 bridgehead atoms. The van der Waals surface area contributed by atoms with Gasteiger partial charge in [-0.15, -0.1) is 0 Å². The highest BCUT2D eigenvalue weighted by molar-refractivity contribution is 6.31. The zero-order chi connectivity index (χ0) is 13.7. The predicted molar refractivity (Wildman–Crippen MR) is 84.6 cm³/mol. The lowest BCUT2D eigenvalue weighted by molar-refractivity contribution is 1.14. The van der Waals surface area contributed by atoms with Crippen molar-refractivity contribution in [2.24, 2.45) is 0 Å². The van der Waals surface area contributed by atoms with Crippen LogP contribution >= 0.6 is 11.6 Å². The Hall–Kier alpha value is -2.06. The Kier molecular flexibility index (Phi) is 2.48. The highest BCUT2D eigenvalue weighted by Gasteiger charge is 2.13. The van der Waals surface area contributed by atoms with Gasteiger partial charge in [-0.2, -0.15) is 0 Å². The Morgan fingerprint density at radius 3 is 2.80 bits per heavy atom. The molecular weight excluding hydrogens is 268 g/mol. The number of aryl methyl sites for hydroxylation is 1. The lowest BCUT2D eigenvalue weighted by Gasteiger charge is -2.04. The van der Waals surface area contributed by atoms with Gasteiger partial charge in [-0.1, -0.05) is 36.7 Å². The molecule has 0 spiro atoms. The molecular formula is C17H13ClN2. The topological polar surface area (TPSA) is 17.3 Å². The van der Waals surface area contributed by atoms with E-state index in [0.717, 1.165) is 28.0 Å². The molecule has 0 aliphatic heterocycles. The lowest BCUT2D eigenvalue weighted by Crippen LogP contribution is -1.92. The molecule has 20 heavy (non-hydrogen) atoms. The Bertz CT molecular complexity index is 953. The minimum absolute atomic E-state index is 0.742. The number of rotatable bonds is 1. The van der Waals surface area contributed by atoms with Gasteiger partial charge >= 0.3 is 0 Å². The maximum Gasteiger partial charge on any atom is 0.141 e. The zero-order valence-electron chi connectivity index (χ0n) is 11.1. The van der Waals surface area contributed by atoms with E-state index in [2.05, 4.69) is 46.6 Å². The molecule has 4 aromatic rings. The summed E-state index contributed by atoms with van der Waals surface area (Å²) in [7, 11) is 0. The van der Waals surface area contributed by atoms with E-state index in [-0.39, 0.29) is 0 Å². The molecule has 0 aliphatic carbocycles. The van der Waals surface area contributed by atoms with Crippen LogP contribution in [0, 0.1) is 0 Å². The van der Waals surface area contributed by atoms with Crippen LogP contribution in [0.1, 0.15) is 12.5 Å². The summed E-state index contributed by atoms with van der Waals surface area (Å²) in [5.41, 5.74) is 4.70. The van der Waals surface area contributed by atoms with Crippen LogP contribution in [0.4, 0.5) is 0 Å². The molecule has 0 saturated carbocycles. The quantitative estimate of drug-likeness (QED) is 0.487. The van der Waals surface area contributed by atoms with Gasteiger partial charge in [-0.05, 0) is 30.7 Å². The maximum absolute atomic E-state index is 6.08. The van der Waals surface area contributed by atoms with E-state index >= 15 is 0 Å². The molecule has 2 nitrogen and oxygen atoms in total. The molecule has 4 rings (SSSR count). The first-order valence-corrected chi connectivity index (χ1v) is 7.13. The van der Waals surface area contributed by atoms with E-state index < -0.39 is 0 Å². The molecule has 0 N–H and O–H groups in total. The van der Waals surface area contributed by atoms with E-state index in [1.165, 1.54) is 16.5 Å². The summed E-state index contributed by atoms with van der Waals surface area (Å²) in [6, 6.07) is 14.4. The number of benzene rings is 2. The largest absolute Gasteiger partial charge is 0.294 e. The second kappa shape index (κ2) is 4.22. The highest BCUT2D eigenvalue weighted by atomic mass is 35.5. The van der Waals surface area contributed by atoms with E-state index in [1.807, 2.05) is 18.3 Å². The fourth-order valence-electron chi connectivity index (χ4n) is 2.98. The van der Waals surface area contributed by atoms with Gasteiger partial charge in [0.1, 0.15) is 5.65 Å². The molecule has 0 radical (unpaired) electrons. The van der Waals surface area contributed by atoms with Crippen LogP contribution in [0.2, 0.25) is 5.02 Å². The van der Waals surface area contributed by atoms with Gasteiger partial charge in [0.15, 0.2) is 0 Å². The first-order valence-electron chi connectivity index (χ1n) is 6.76. The molecule has 0 unspecified atom stereocenters. The number of hydrogen-bond donors (Lipinski definition) is 0. The summed E-state index contributed by atoms with van der Waals surface area (Å²) in [4.78, 5) is 4.66. The monoisotopic (exact) mass is 280 g/mol. The van der Waals surface area contributed by atoms with Crippen LogP contribution in [0.3, 0.4) is 0 Å². The summed E-state index contributed by atoms with van der Waals surface area (Å²) in [6.45, 7) is 2.18. The summed E-state index contributed by atoms with van der Waals surface area (Å²) in [5.74, 6) is 0. The maximum atomic E-state index is 6.08. The molecule has 2 aromatic carbocycles. The Balaban J connectivity index is 2.32. The van der Waals surface area contributed by atoms with Crippen molar-refractivity contribution in [3.05, 3.63) is 59.2 Å². The summed E-state index contributed by atoms with van der Waals surface area (Å²) >= 11 is 6.08. The average molecular weight is 281 g/mol. The molecule has 0 amide bonds. The molecule has 2 heterocycles. The van der Waals surface area contributed by atoms with Crippen molar-refractivity contribution in [2.45, 2.75) is 13.3 Å². The SMILES string of the molecule is CCc1c2ccccc2n2c1ncc1cc(Cl)ccc12. The van der Waals surface area contributed by atoms with Crippen molar-refractivity contribution in [2.75, 3.05) is 0 Å². The van der Waals surface area contributed by atoms with Gasteiger partial charge < -0.3 is 0 Å². The third-order valence-corrected chi connectivity index (χ3v) is 4.10. The smallest absolute Gasteiger partial charge is 0.141 e. The van der Waals surface area contributed by atoms with Gasteiger partial charge in [0.05, 0.1) is 11.0 Å². The predicted octanol–water partition coefficient (Wildman–Crippen LogP) is 4.86. The number of fused-ring (bicyclic) bond motifs is 5. The van der Waals surface area contributed by atoms with Crippen molar-refractivity contribution in [1.82, 2.24) is 9.38 Å². The zero-order valence-corrected chi connectivity index (χ0v) is 11.9. The van der Waals surface area contributed by atoms with Gasteiger partial charge in [0.2, 0.25) is 0 Å². The summed E-state index contributed by atoms with van der Waals surface area (Å²) in [6.07, 6.45) is 2.89. The first-order chi connectivity index (χ1) is 9.79. The normalized spacial score (nSPS) is 11.7. The van der Waals surface area contributed by atoms with Gasteiger partial charge in [-0.3, -0.25) is 4.40 Å². The van der Waals surface area contributed by atoms with Gasteiger partial charge in [-0.25, -0.2) is 4.98 Å². The van der Waals surface area contributed by atoms with Crippen LogP contribution in [0.25, 0.3) is 27.5 Å². The molecule has 0 fully saturated rings. The van der Waals surface area contributed by atoms with Crippen LogP contribution in [-0.4, -0.2) is 9.38 Å². The number of para-hydroxylation sites is 1. The van der Waals surface area contributed by atoms with Crippen molar-refractivity contribution in [3.8, 4) is 0 Å². The van der Waals surface area contributed by atoms with Crippen LogP contribution in [0.5, 0.6) is 0 Å². The third-order valence-electron chi connectivity index (χ3n) is 3.86. The average Bonchev–Trinajstić information content (AvgIpc) is 2.80. The lowest BCUT2D eigenvalue weighted by atomic mass is 10.1. The highest BCUT2D eigenvalue weighted by Crippen LogP contribution is 2.30. The standard InChI is InChI=1S/C17H13ClN2/c1-2-13-14-5-3-4-6-16(14)20-15-8-7-12(18)9-11(15)10-19-17(13)20/h3-10H,2H2,1H3. The van der Waals surface area contributed by atoms with Crippen molar-refractivity contribution < 1.29 is 0 Å². The molecule has 3 heteroatoms. The molecule has 0 aliphatic rings. The second-order valence-electron chi connectivity index (χ2n) is 4.97. The molecule has 0 saturated heterocycles. The fourth-order valence-corrected chi connectivity index (χ4v) is 3.17. The van der Waals surface area contributed by atoms with E-state index in [4.69, 9.17) is 11.6 Å². The number of aromatic nitrogens is 2. The van der Waals surface area contributed by atoms with Gasteiger partial charge in [0, 0.05) is 27.6 Å². The third kappa shape index (κ3) is 1.49. The fraction of sp³-hybridized carbons (Fsp3) is 0.118. The van der Waals surface area contributed by atoms with Crippen molar-refractivity contribution in [1.29, 1.82) is 0 Å². The van der Waals surface area contributed by atoms with E-state index in [0.29, 0.717) is 0 Å². The van der Waals surface area contributed by atoms with Crippen LogP contribution < -0.4 is 0 Å². The molecule has 0 atom stereocenters. The van der Waals surface area contributed by atoms with Crippen molar-refractivity contribution >= 4 is 39.1 Å².